The molecule has 1 aromatic carbocycles. The first-order valence-corrected chi connectivity index (χ1v) is 7.04. The number of aliphatic hydroxyl groups is 1. The molecule has 1 aliphatic heterocycles. The van der Waals surface area contributed by atoms with Gasteiger partial charge in [-0.1, -0.05) is 0 Å². The molecule has 1 saturated carbocycles. The zero-order valence-corrected chi connectivity index (χ0v) is 11.5. The van der Waals surface area contributed by atoms with E-state index in [1.165, 1.54) is 6.07 Å². The van der Waals surface area contributed by atoms with Gasteiger partial charge in [0.1, 0.15) is 5.69 Å². The van der Waals surface area contributed by atoms with E-state index in [0.717, 1.165) is 24.8 Å². The van der Waals surface area contributed by atoms with Gasteiger partial charge in [0.15, 0.2) is 0 Å². The molecule has 1 amide bonds. The Kier molecular flexibility index (Phi) is 3.29. The predicted molar refractivity (Wildman–Crippen MR) is 77.3 cm³/mol. The van der Waals surface area contributed by atoms with E-state index in [2.05, 4.69) is 10.6 Å². The van der Waals surface area contributed by atoms with Crippen molar-refractivity contribution in [2.24, 2.45) is 0 Å². The van der Waals surface area contributed by atoms with E-state index in [1.54, 1.807) is 6.07 Å². The molecule has 1 fully saturated rings. The highest BCUT2D eigenvalue weighted by Gasteiger charge is 2.34. The first-order valence-electron chi connectivity index (χ1n) is 7.04. The number of hydrogen-bond donors (Lipinski definition) is 3. The fourth-order valence-electron chi connectivity index (χ4n) is 2.73. The molecule has 3 N–H and O–H groups in total. The van der Waals surface area contributed by atoms with Crippen LogP contribution in [-0.4, -0.2) is 28.1 Å². The molecule has 3 rings (SSSR count). The van der Waals surface area contributed by atoms with Gasteiger partial charge >= 0.3 is 0 Å². The van der Waals surface area contributed by atoms with E-state index in [1.807, 2.05) is 0 Å². The van der Waals surface area contributed by atoms with Crippen molar-refractivity contribution in [2.75, 3.05) is 17.2 Å². The molecular formula is C14H17N3O4. The Bertz CT molecular complexity index is 610. The van der Waals surface area contributed by atoms with Crippen LogP contribution in [0.25, 0.3) is 0 Å². The van der Waals surface area contributed by atoms with E-state index in [9.17, 15) is 20.0 Å². The zero-order valence-electron chi connectivity index (χ0n) is 11.5. The fraction of sp³-hybridized carbons (Fsp3) is 0.500. The van der Waals surface area contributed by atoms with Crippen molar-refractivity contribution in [1.29, 1.82) is 0 Å². The maximum Gasteiger partial charge on any atom is 0.294 e. The minimum Gasteiger partial charge on any atom is -0.388 e. The molecule has 7 heteroatoms. The number of fused-ring (bicyclic) bond motifs is 1. The van der Waals surface area contributed by atoms with E-state index >= 15 is 0 Å². The van der Waals surface area contributed by atoms with E-state index in [0.29, 0.717) is 30.8 Å². The lowest BCUT2D eigenvalue weighted by atomic mass is 9.80. The predicted octanol–water partition coefficient (Wildman–Crippen LogP) is 1.81. The average Bonchev–Trinajstić information content (AvgIpc) is 2.42. The lowest BCUT2D eigenvalue weighted by molar-refractivity contribution is -0.383. The summed E-state index contributed by atoms with van der Waals surface area (Å²) in [5, 5.41) is 26.9. The van der Waals surface area contributed by atoms with Crippen molar-refractivity contribution in [3.05, 3.63) is 27.8 Å². The maximum absolute atomic E-state index is 11.4. The summed E-state index contributed by atoms with van der Waals surface area (Å²) in [6, 6.07) is 3.09. The molecule has 0 unspecified atom stereocenters. The lowest BCUT2D eigenvalue weighted by Gasteiger charge is -2.36. The van der Waals surface area contributed by atoms with Gasteiger partial charge < -0.3 is 15.7 Å². The summed E-state index contributed by atoms with van der Waals surface area (Å²) in [6.07, 6.45) is 3.37. The second-order valence-corrected chi connectivity index (χ2v) is 5.76. The van der Waals surface area contributed by atoms with Crippen LogP contribution in [-0.2, 0) is 11.2 Å². The summed E-state index contributed by atoms with van der Waals surface area (Å²) in [4.78, 5) is 22.1. The molecule has 0 aromatic heterocycles. The fourth-order valence-corrected chi connectivity index (χ4v) is 2.73. The molecule has 0 atom stereocenters. The standard InChI is InChI=1S/C14H17N3O4/c18-13-3-2-9-6-11(15-8-14(19)4-1-5-14)12(17(20)21)7-10(9)16-13/h6-7,15,19H,1-5,8H2,(H,16,18). The molecular weight excluding hydrogens is 274 g/mol. The van der Waals surface area contributed by atoms with Crippen LogP contribution in [0.3, 0.4) is 0 Å². The summed E-state index contributed by atoms with van der Waals surface area (Å²) in [5.74, 6) is -0.124. The minimum atomic E-state index is -0.752. The number of carbonyl (C=O) groups is 1. The van der Waals surface area contributed by atoms with E-state index in [4.69, 9.17) is 0 Å². The van der Waals surface area contributed by atoms with E-state index in [-0.39, 0.29) is 11.6 Å². The number of carbonyl (C=O) groups excluding carboxylic acids is 1. The second-order valence-electron chi connectivity index (χ2n) is 5.76. The second kappa shape index (κ2) is 5.00. The molecule has 1 aromatic rings. The van der Waals surface area contributed by atoms with Gasteiger partial charge in [-0.15, -0.1) is 0 Å². The topological polar surface area (TPSA) is 104 Å². The van der Waals surface area contributed by atoms with Crippen molar-refractivity contribution >= 4 is 23.0 Å². The average molecular weight is 291 g/mol. The number of anilines is 2. The summed E-state index contributed by atoms with van der Waals surface area (Å²) >= 11 is 0. The number of nitrogens with zero attached hydrogens (tertiary/aromatic N) is 1. The number of nitro benzene ring substituents is 1. The van der Waals surface area contributed by atoms with Gasteiger partial charge in [-0.25, -0.2) is 0 Å². The van der Waals surface area contributed by atoms with Gasteiger partial charge in [0.25, 0.3) is 5.69 Å². The SMILES string of the molecule is O=C1CCc2cc(NCC3(O)CCC3)c([N+](=O)[O-])cc2N1. The lowest BCUT2D eigenvalue weighted by Crippen LogP contribution is -2.43. The first kappa shape index (κ1) is 13.8. The van der Waals surface area contributed by atoms with Crippen molar-refractivity contribution in [3.63, 3.8) is 0 Å². The van der Waals surface area contributed by atoms with Crippen molar-refractivity contribution in [3.8, 4) is 0 Å². The van der Waals surface area contributed by atoms with Crippen LogP contribution in [0.2, 0.25) is 0 Å². The molecule has 1 aliphatic carbocycles. The highest BCUT2D eigenvalue weighted by molar-refractivity contribution is 5.95. The van der Waals surface area contributed by atoms with Gasteiger partial charge in [0.05, 0.1) is 16.2 Å². The first-order chi connectivity index (χ1) is 9.97. The Labute approximate surface area is 121 Å². The Morgan fingerprint density at radius 2 is 2.14 bits per heavy atom. The normalized spacial score (nSPS) is 19.2. The number of amides is 1. The third-order valence-corrected chi connectivity index (χ3v) is 4.21. The number of nitro groups is 1. The zero-order chi connectivity index (χ0) is 15.0. The monoisotopic (exact) mass is 291 g/mol. The number of nitrogens with one attached hydrogen (secondary N) is 2. The molecule has 0 radical (unpaired) electrons. The number of aryl methyl sites for hydroxylation is 1. The van der Waals surface area contributed by atoms with Gasteiger partial charge in [-0.3, -0.25) is 14.9 Å². The number of rotatable bonds is 4. The summed E-state index contributed by atoms with van der Waals surface area (Å²) < 4.78 is 0. The van der Waals surface area contributed by atoms with Crippen LogP contribution < -0.4 is 10.6 Å². The third kappa shape index (κ3) is 2.69. The largest absolute Gasteiger partial charge is 0.388 e. The Balaban J connectivity index is 1.87. The molecule has 0 spiro atoms. The highest BCUT2D eigenvalue weighted by Crippen LogP contribution is 2.36. The smallest absolute Gasteiger partial charge is 0.294 e. The van der Waals surface area contributed by atoms with Crippen molar-refractivity contribution in [1.82, 2.24) is 0 Å². The Hall–Kier alpha value is -2.15. The number of benzene rings is 1. The summed E-state index contributed by atoms with van der Waals surface area (Å²) in [5.41, 5.74) is 0.945. The van der Waals surface area contributed by atoms with Gasteiger partial charge in [0.2, 0.25) is 5.91 Å². The quantitative estimate of drug-likeness (QED) is 0.579. The molecule has 7 nitrogen and oxygen atoms in total. The van der Waals surface area contributed by atoms with Crippen LogP contribution in [0.15, 0.2) is 12.1 Å². The molecule has 112 valence electrons. The molecule has 0 bridgehead atoms. The minimum absolute atomic E-state index is 0.0844. The van der Waals surface area contributed by atoms with Crippen LogP contribution in [0.4, 0.5) is 17.1 Å². The summed E-state index contributed by atoms with van der Waals surface area (Å²) in [7, 11) is 0. The van der Waals surface area contributed by atoms with Crippen LogP contribution in [0.5, 0.6) is 0 Å². The Morgan fingerprint density at radius 1 is 1.38 bits per heavy atom. The Morgan fingerprint density at radius 3 is 2.76 bits per heavy atom. The van der Waals surface area contributed by atoms with Gasteiger partial charge in [0, 0.05) is 19.0 Å². The maximum atomic E-state index is 11.4. The van der Waals surface area contributed by atoms with E-state index < -0.39 is 10.5 Å². The highest BCUT2D eigenvalue weighted by atomic mass is 16.6. The van der Waals surface area contributed by atoms with Gasteiger partial charge in [-0.05, 0) is 37.3 Å². The van der Waals surface area contributed by atoms with Crippen LogP contribution >= 0.6 is 0 Å². The number of hydrogen-bond acceptors (Lipinski definition) is 5. The molecule has 2 aliphatic rings. The molecule has 1 heterocycles. The van der Waals surface area contributed by atoms with Gasteiger partial charge in [-0.2, -0.15) is 0 Å². The van der Waals surface area contributed by atoms with Crippen molar-refractivity contribution in [2.45, 2.75) is 37.7 Å². The van der Waals surface area contributed by atoms with Crippen molar-refractivity contribution < 1.29 is 14.8 Å². The van der Waals surface area contributed by atoms with Crippen LogP contribution in [0.1, 0.15) is 31.2 Å². The molecule has 21 heavy (non-hydrogen) atoms. The third-order valence-electron chi connectivity index (χ3n) is 4.21. The summed E-state index contributed by atoms with van der Waals surface area (Å²) in [6.45, 7) is 0.305. The molecule has 0 saturated heterocycles. The van der Waals surface area contributed by atoms with Crippen LogP contribution in [0, 0.1) is 10.1 Å².